The van der Waals surface area contributed by atoms with Crippen molar-refractivity contribution in [1.29, 1.82) is 0 Å². The number of nitrogens with one attached hydrogen (secondary N) is 1. The molecule has 3 aliphatic rings. The van der Waals surface area contributed by atoms with E-state index < -0.39 is 5.54 Å². The summed E-state index contributed by atoms with van der Waals surface area (Å²) in [5, 5.41) is 2.74. The lowest BCUT2D eigenvalue weighted by molar-refractivity contribution is -0.130. The van der Waals surface area contributed by atoms with Crippen LogP contribution in [0.15, 0.2) is 24.3 Å². The predicted octanol–water partition coefficient (Wildman–Crippen LogP) is 1.88. The maximum absolute atomic E-state index is 12.3. The first-order chi connectivity index (χ1) is 12.4. The number of amides is 3. The number of nitrogens with zero attached hydrogens (tertiary/aromatic N) is 2. The van der Waals surface area contributed by atoms with E-state index in [1.54, 1.807) is 13.8 Å². The van der Waals surface area contributed by atoms with E-state index in [9.17, 15) is 9.59 Å². The van der Waals surface area contributed by atoms with Crippen LogP contribution < -0.4 is 5.32 Å². The van der Waals surface area contributed by atoms with Gasteiger partial charge in [-0.3, -0.25) is 14.6 Å². The lowest BCUT2D eigenvalue weighted by Crippen LogP contribution is -2.49. The van der Waals surface area contributed by atoms with Gasteiger partial charge in [-0.1, -0.05) is 24.3 Å². The SMILES string of the molecule is CC1(C)NC(=O)N(CCCN2CCOC3(CCc4ccccc43)C2)C1=O. The van der Waals surface area contributed by atoms with Crippen molar-refractivity contribution in [2.45, 2.75) is 44.2 Å². The summed E-state index contributed by atoms with van der Waals surface area (Å²) < 4.78 is 6.25. The van der Waals surface area contributed by atoms with Crippen LogP contribution in [0, 0.1) is 0 Å². The molecule has 2 heterocycles. The van der Waals surface area contributed by atoms with Gasteiger partial charge >= 0.3 is 6.03 Å². The monoisotopic (exact) mass is 357 g/mol. The zero-order valence-corrected chi connectivity index (χ0v) is 15.6. The Morgan fingerprint density at radius 3 is 2.77 bits per heavy atom. The average molecular weight is 357 g/mol. The molecule has 1 aromatic rings. The summed E-state index contributed by atoms with van der Waals surface area (Å²) >= 11 is 0. The fourth-order valence-electron chi connectivity index (χ4n) is 4.49. The quantitative estimate of drug-likeness (QED) is 0.836. The molecule has 6 nitrogen and oxygen atoms in total. The lowest BCUT2D eigenvalue weighted by Gasteiger charge is -2.41. The average Bonchev–Trinajstić information content (AvgIpc) is 3.05. The molecule has 1 aliphatic carbocycles. The number of carbonyl (C=O) groups excluding carboxylic acids is 2. The number of morpholine rings is 1. The van der Waals surface area contributed by atoms with E-state index in [1.807, 2.05) is 0 Å². The molecule has 1 unspecified atom stereocenters. The highest BCUT2D eigenvalue weighted by molar-refractivity contribution is 6.06. The van der Waals surface area contributed by atoms with Gasteiger partial charge in [0.15, 0.2) is 0 Å². The first kappa shape index (κ1) is 17.5. The summed E-state index contributed by atoms with van der Waals surface area (Å²) in [6.45, 7) is 7.34. The second kappa shape index (κ2) is 6.35. The molecule has 0 radical (unpaired) electrons. The summed E-state index contributed by atoms with van der Waals surface area (Å²) in [7, 11) is 0. The molecule has 140 valence electrons. The highest BCUT2D eigenvalue weighted by Gasteiger charge is 2.45. The highest BCUT2D eigenvalue weighted by Crippen LogP contribution is 2.42. The molecule has 6 heteroatoms. The van der Waals surface area contributed by atoms with E-state index in [-0.39, 0.29) is 17.5 Å². The van der Waals surface area contributed by atoms with Crippen LogP contribution in [0.5, 0.6) is 0 Å². The fourth-order valence-corrected chi connectivity index (χ4v) is 4.49. The molecule has 26 heavy (non-hydrogen) atoms. The summed E-state index contributed by atoms with van der Waals surface area (Å²) in [5.41, 5.74) is 1.77. The molecule has 2 fully saturated rings. The van der Waals surface area contributed by atoms with Gasteiger partial charge in [0.2, 0.25) is 0 Å². The lowest BCUT2D eigenvalue weighted by atomic mass is 9.93. The molecule has 3 amide bonds. The molecular weight excluding hydrogens is 330 g/mol. The van der Waals surface area contributed by atoms with Gasteiger partial charge in [0.1, 0.15) is 11.1 Å². The Morgan fingerprint density at radius 1 is 1.19 bits per heavy atom. The molecule has 4 rings (SSSR count). The second-order valence-corrected chi connectivity index (χ2v) is 8.14. The van der Waals surface area contributed by atoms with Gasteiger partial charge in [0.05, 0.1) is 6.61 Å². The van der Waals surface area contributed by atoms with Crippen LogP contribution in [0.3, 0.4) is 0 Å². The first-order valence-electron chi connectivity index (χ1n) is 9.50. The molecule has 1 spiro atoms. The topological polar surface area (TPSA) is 61.9 Å². The van der Waals surface area contributed by atoms with Crippen molar-refractivity contribution in [1.82, 2.24) is 15.1 Å². The number of benzene rings is 1. The molecule has 1 N–H and O–H groups in total. The van der Waals surface area contributed by atoms with E-state index in [0.29, 0.717) is 6.54 Å². The van der Waals surface area contributed by atoms with Gasteiger partial charge < -0.3 is 10.1 Å². The molecule has 0 saturated carbocycles. The van der Waals surface area contributed by atoms with Gasteiger partial charge in [-0.15, -0.1) is 0 Å². The number of hydrogen-bond acceptors (Lipinski definition) is 4. The van der Waals surface area contributed by atoms with Crippen molar-refractivity contribution in [2.75, 3.05) is 32.8 Å². The fraction of sp³-hybridized carbons (Fsp3) is 0.600. The molecule has 0 bridgehead atoms. The summed E-state index contributed by atoms with van der Waals surface area (Å²) in [4.78, 5) is 28.0. The van der Waals surface area contributed by atoms with Gasteiger partial charge in [0.25, 0.3) is 5.91 Å². The number of hydrogen-bond donors (Lipinski definition) is 1. The van der Waals surface area contributed by atoms with Gasteiger partial charge in [0, 0.05) is 26.2 Å². The number of rotatable bonds is 4. The van der Waals surface area contributed by atoms with Crippen molar-refractivity contribution in [3.63, 3.8) is 0 Å². The van der Waals surface area contributed by atoms with Gasteiger partial charge in [-0.05, 0) is 44.2 Å². The minimum atomic E-state index is -0.784. The van der Waals surface area contributed by atoms with Gasteiger partial charge in [-0.25, -0.2) is 4.79 Å². The van der Waals surface area contributed by atoms with Crippen LogP contribution in [0.4, 0.5) is 4.79 Å². The number of ether oxygens (including phenoxy) is 1. The minimum absolute atomic E-state index is 0.134. The number of fused-ring (bicyclic) bond motifs is 2. The normalized spacial score (nSPS) is 27.8. The van der Waals surface area contributed by atoms with E-state index in [4.69, 9.17) is 4.74 Å². The van der Waals surface area contributed by atoms with Crippen molar-refractivity contribution >= 4 is 11.9 Å². The van der Waals surface area contributed by atoms with E-state index in [0.717, 1.165) is 45.5 Å². The van der Waals surface area contributed by atoms with Crippen molar-refractivity contribution in [3.05, 3.63) is 35.4 Å². The van der Waals surface area contributed by atoms with Crippen LogP contribution in [0.2, 0.25) is 0 Å². The zero-order chi connectivity index (χ0) is 18.4. The third-order valence-electron chi connectivity index (χ3n) is 5.87. The van der Waals surface area contributed by atoms with E-state index in [2.05, 4.69) is 34.5 Å². The van der Waals surface area contributed by atoms with Crippen molar-refractivity contribution < 1.29 is 14.3 Å². The molecule has 1 atom stereocenters. The summed E-state index contributed by atoms with van der Waals surface area (Å²) in [6.07, 6.45) is 2.89. The molecular formula is C20H27N3O3. The van der Waals surface area contributed by atoms with Crippen molar-refractivity contribution in [3.8, 4) is 0 Å². The molecule has 1 aromatic carbocycles. The first-order valence-corrected chi connectivity index (χ1v) is 9.50. The summed E-state index contributed by atoms with van der Waals surface area (Å²) in [6, 6.07) is 8.31. The van der Waals surface area contributed by atoms with Crippen LogP contribution in [0.1, 0.15) is 37.8 Å². The standard InChI is InChI=1S/C20H27N3O3/c1-19(2)17(24)23(18(25)21-19)11-5-10-22-12-13-26-20(14-22)9-8-15-6-3-4-7-16(15)20/h3-4,6-7H,5,8-14H2,1-2H3,(H,21,25). The molecule has 0 aromatic heterocycles. The van der Waals surface area contributed by atoms with Crippen LogP contribution in [-0.4, -0.2) is 60.1 Å². The minimum Gasteiger partial charge on any atom is -0.368 e. The Hall–Kier alpha value is -1.92. The van der Waals surface area contributed by atoms with Crippen molar-refractivity contribution in [2.24, 2.45) is 0 Å². The Bertz CT molecular complexity index is 729. The molecule has 2 saturated heterocycles. The van der Waals surface area contributed by atoms with E-state index in [1.165, 1.54) is 16.0 Å². The Kier molecular flexibility index (Phi) is 4.28. The molecule has 2 aliphatic heterocycles. The smallest absolute Gasteiger partial charge is 0.325 e. The Balaban J connectivity index is 1.36. The van der Waals surface area contributed by atoms with Gasteiger partial charge in [-0.2, -0.15) is 0 Å². The highest BCUT2D eigenvalue weighted by atomic mass is 16.5. The predicted molar refractivity (Wildman–Crippen MR) is 97.8 cm³/mol. The largest absolute Gasteiger partial charge is 0.368 e. The maximum Gasteiger partial charge on any atom is 0.325 e. The number of carbonyl (C=O) groups is 2. The number of imide groups is 1. The number of aryl methyl sites for hydroxylation is 1. The van der Waals surface area contributed by atoms with Crippen LogP contribution >= 0.6 is 0 Å². The maximum atomic E-state index is 12.3. The third-order valence-corrected chi connectivity index (χ3v) is 5.87. The number of urea groups is 1. The Labute approximate surface area is 154 Å². The van der Waals surface area contributed by atoms with E-state index >= 15 is 0 Å². The summed E-state index contributed by atoms with van der Waals surface area (Å²) in [5.74, 6) is -0.134. The van der Waals surface area contributed by atoms with Crippen LogP contribution in [-0.2, 0) is 21.6 Å². The third kappa shape index (κ3) is 2.91. The van der Waals surface area contributed by atoms with Crippen LogP contribution in [0.25, 0.3) is 0 Å². The Morgan fingerprint density at radius 2 is 2.00 bits per heavy atom. The second-order valence-electron chi connectivity index (χ2n) is 8.14. The zero-order valence-electron chi connectivity index (χ0n) is 15.6.